The zero-order valence-electron chi connectivity index (χ0n) is 34.1. The highest BCUT2D eigenvalue weighted by molar-refractivity contribution is 5.38. The van der Waals surface area contributed by atoms with Crippen molar-refractivity contribution >= 4 is 0 Å². The van der Waals surface area contributed by atoms with Gasteiger partial charge in [0, 0.05) is 0 Å². The smallest absolute Gasteiger partial charge is 0.117 e. The van der Waals surface area contributed by atoms with Crippen molar-refractivity contribution in [2.24, 2.45) is 0 Å². The molecule has 1 heterocycles. The molecule has 6 aromatic rings. The Kier molecular flexibility index (Phi) is 15.8. The number of aryl methyl sites for hydroxylation is 1. The Bertz CT molecular complexity index is 2110. The van der Waals surface area contributed by atoms with E-state index >= 15 is 0 Å². The predicted molar refractivity (Wildman–Crippen MR) is 234 cm³/mol. The van der Waals surface area contributed by atoms with Crippen LogP contribution in [0.25, 0.3) is 0 Å². The molecule has 304 valence electrons. The molecule has 5 unspecified atom stereocenters. The molecule has 0 radical (unpaired) electrons. The van der Waals surface area contributed by atoms with Gasteiger partial charge in [-0.2, -0.15) is 0 Å². The third kappa shape index (κ3) is 12.2. The highest BCUT2D eigenvalue weighted by atomic mass is 16.6. The van der Waals surface area contributed by atoms with Crippen molar-refractivity contribution in [2.75, 3.05) is 13.2 Å². The molecule has 6 aromatic carbocycles. The van der Waals surface area contributed by atoms with Crippen LogP contribution in [0.4, 0.5) is 0 Å². The van der Waals surface area contributed by atoms with E-state index in [1.165, 1.54) is 16.7 Å². The number of ether oxygens (including phenoxy) is 6. The van der Waals surface area contributed by atoms with Gasteiger partial charge in [0.05, 0.1) is 46.2 Å². The standard InChI is InChI=1S/C53H56O6/c1-3-31-54-38-47-30-29-46(32-41-27-25-40(4-2)26-28-41)33-48(47)50-52(57-36-44-21-13-7-14-22-44)53(58-37-45-23-15-8-16-24-45)51(56-35-43-19-11-6-12-20-43)49(59-50)39-55-34-42-17-9-5-10-18-42/h3,5-30,33,49-53H,1,4,31-32,34-39H2,2H3. The fraction of sp³-hybridized carbons (Fsp3) is 0.283. The highest BCUT2D eigenvalue weighted by Gasteiger charge is 2.49. The van der Waals surface area contributed by atoms with E-state index in [1.54, 1.807) is 6.08 Å². The third-order valence-electron chi connectivity index (χ3n) is 10.7. The maximum Gasteiger partial charge on any atom is 0.117 e. The van der Waals surface area contributed by atoms with E-state index in [0.29, 0.717) is 39.6 Å². The van der Waals surface area contributed by atoms with Crippen LogP contribution in [0.3, 0.4) is 0 Å². The summed E-state index contributed by atoms with van der Waals surface area (Å²) in [6.07, 6.45) is 0.858. The Morgan fingerprint density at radius 1 is 0.492 bits per heavy atom. The first-order valence-corrected chi connectivity index (χ1v) is 20.8. The van der Waals surface area contributed by atoms with E-state index in [0.717, 1.165) is 46.2 Å². The van der Waals surface area contributed by atoms with E-state index in [4.69, 9.17) is 28.4 Å². The first kappa shape index (κ1) is 42.0. The van der Waals surface area contributed by atoms with Crippen molar-refractivity contribution in [3.63, 3.8) is 0 Å². The molecule has 0 aromatic heterocycles. The minimum atomic E-state index is -0.567. The second-order valence-corrected chi connectivity index (χ2v) is 15.1. The highest BCUT2D eigenvalue weighted by Crippen LogP contribution is 2.40. The van der Waals surface area contributed by atoms with Crippen molar-refractivity contribution in [1.82, 2.24) is 0 Å². The lowest BCUT2D eigenvalue weighted by atomic mass is 9.87. The molecule has 0 amide bonds. The summed E-state index contributed by atoms with van der Waals surface area (Å²) in [5.41, 5.74) is 10.0. The Labute approximate surface area is 350 Å². The number of hydrogen-bond donors (Lipinski definition) is 0. The van der Waals surface area contributed by atoms with Crippen molar-refractivity contribution in [3.05, 3.63) is 227 Å². The topological polar surface area (TPSA) is 55.4 Å². The van der Waals surface area contributed by atoms with E-state index < -0.39 is 30.5 Å². The molecule has 6 heteroatoms. The summed E-state index contributed by atoms with van der Waals surface area (Å²) in [5, 5.41) is 0. The molecule has 0 aliphatic carbocycles. The minimum Gasteiger partial charge on any atom is -0.374 e. The molecule has 7 rings (SSSR count). The zero-order valence-corrected chi connectivity index (χ0v) is 34.1. The summed E-state index contributed by atoms with van der Waals surface area (Å²) < 4.78 is 41.1. The average Bonchev–Trinajstić information content (AvgIpc) is 3.29. The van der Waals surface area contributed by atoms with E-state index in [9.17, 15) is 0 Å². The van der Waals surface area contributed by atoms with Crippen LogP contribution < -0.4 is 0 Å². The van der Waals surface area contributed by atoms with Gasteiger partial charge in [-0.25, -0.2) is 0 Å². The fourth-order valence-electron chi connectivity index (χ4n) is 7.57. The molecule has 0 bridgehead atoms. The van der Waals surface area contributed by atoms with Crippen LogP contribution in [0.5, 0.6) is 0 Å². The van der Waals surface area contributed by atoms with Crippen LogP contribution in [-0.4, -0.2) is 37.6 Å². The minimum absolute atomic E-state index is 0.285. The second kappa shape index (κ2) is 22.3. The zero-order chi connectivity index (χ0) is 40.5. The SMILES string of the molecule is C=CCOCc1ccc(Cc2ccc(CC)cc2)cc1C1OC(COCc2ccccc2)C(OCc2ccccc2)C(OCc2ccccc2)C1OCc1ccccc1. The molecular weight excluding hydrogens is 733 g/mol. The number of hydrogen-bond acceptors (Lipinski definition) is 6. The van der Waals surface area contributed by atoms with Crippen LogP contribution in [0.1, 0.15) is 63.1 Å². The summed E-state index contributed by atoms with van der Waals surface area (Å²) in [7, 11) is 0. The molecule has 1 aliphatic rings. The lowest BCUT2D eigenvalue weighted by Crippen LogP contribution is -2.58. The van der Waals surface area contributed by atoms with Crippen molar-refractivity contribution in [1.29, 1.82) is 0 Å². The lowest BCUT2D eigenvalue weighted by Gasteiger charge is -2.47. The van der Waals surface area contributed by atoms with E-state index in [-0.39, 0.29) is 6.61 Å². The number of benzene rings is 6. The fourth-order valence-corrected chi connectivity index (χ4v) is 7.57. The Morgan fingerprint density at radius 3 is 1.53 bits per heavy atom. The molecule has 1 fully saturated rings. The average molecular weight is 789 g/mol. The molecule has 0 saturated carbocycles. The van der Waals surface area contributed by atoms with Crippen LogP contribution in [0.15, 0.2) is 176 Å². The normalized spacial score (nSPS) is 19.0. The summed E-state index contributed by atoms with van der Waals surface area (Å²) in [4.78, 5) is 0. The number of rotatable bonds is 21. The van der Waals surface area contributed by atoms with Gasteiger partial charge in [0.25, 0.3) is 0 Å². The van der Waals surface area contributed by atoms with E-state index in [2.05, 4.69) is 104 Å². The lowest BCUT2D eigenvalue weighted by molar-refractivity contribution is -0.275. The van der Waals surface area contributed by atoms with Crippen molar-refractivity contribution in [2.45, 2.75) is 83.3 Å². The van der Waals surface area contributed by atoms with Crippen LogP contribution in [0, 0.1) is 0 Å². The summed E-state index contributed by atoms with van der Waals surface area (Å²) in [6.45, 7) is 8.72. The van der Waals surface area contributed by atoms with Crippen LogP contribution in [-0.2, 0) is 74.3 Å². The van der Waals surface area contributed by atoms with Gasteiger partial charge in [-0.05, 0) is 62.9 Å². The molecule has 1 saturated heterocycles. The first-order chi connectivity index (χ1) is 29.2. The molecular formula is C53H56O6. The van der Waals surface area contributed by atoms with Gasteiger partial charge < -0.3 is 28.4 Å². The van der Waals surface area contributed by atoms with Crippen molar-refractivity contribution in [3.8, 4) is 0 Å². The van der Waals surface area contributed by atoms with Gasteiger partial charge in [-0.3, -0.25) is 0 Å². The molecule has 0 N–H and O–H groups in total. The molecule has 5 atom stereocenters. The molecule has 6 nitrogen and oxygen atoms in total. The Balaban J connectivity index is 1.30. The van der Waals surface area contributed by atoms with E-state index in [1.807, 2.05) is 72.8 Å². The van der Waals surface area contributed by atoms with Gasteiger partial charge in [-0.15, -0.1) is 6.58 Å². The van der Waals surface area contributed by atoms with Gasteiger partial charge >= 0.3 is 0 Å². The van der Waals surface area contributed by atoms with Gasteiger partial charge in [0.15, 0.2) is 0 Å². The largest absolute Gasteiger partial charge is 0.374 e. The molecule has 0 spiro atoms. The quantitative estimate of drug-likeness (QED) is 0.0535. The molecule has 59 heavy (non-hydrogen) atoms. The second-order valence-electron chi connectivity index (χ2n) is 15.1. The Hall–Kier alpha value is -5.18. The monoisotopic (exact) mass is 788 g/mol. The van der Waals surface area contributed by atoms with Crippen LogP contribution in [0.2, 0.25) is 0 Å². The third-order valence-corrected chi connectivity index (χ3v) is 10.7. The van der Waals surface area contributed by atoms with Crippen molar-refractivity contribution < 1.29 is 28.4 Å². The Morgan fingerprint density at radius 2 is 0.983 bits per heavy atom. The summed E-state index contributed by atoms with van der Waals surface area (Å²) >= 11 is 0. The van der Waals surface area contributed by atoms with Gasteiger partial charge in [0.2, 0.25) is 0 Å². The summed E-state index contributed by atoms with van der Waals surface area (Å²) in [6, 6.07) is 56.5. The predicted octanol–water partition coefficient (Wildman–Crippen LogP) is 11.0. The maximum atomic E-state index is 7.35. The first-order valence-electron chi connectivity index (χ1n) is 20.8. The summed E-state index contributed by atoms with van der Waals surface area (Å²) in [5.74, 6) is 0. The van der Waals surface area contributed by atoms with Crippen LogP contribution >= 0.6 is 0 Å². The van der Waals surface area contributed by atoms with Gasteiger partial charge in [-0.1, -0.05) is 177 Å². The molecule has 1 aliphatic heterocycles. The van der Waals surface area contributed by atoms with Gasteiger partial charge in [0.1, 0.15) is 30.5 Å². The maximum absolute atomic E-state index is 7.35.